The molecule has 0 aromatic rings. The van der Waals surface area contributed by atoms with Crippen LogP contribution >= 0.6 is 0 Å². The van der Waals surface area contributed by atoms with E-state index in [9.17, 15) is 9.90 Å². The number of nitrogens with one attached hydrogen (secondary N) is 2. The van der Waals surface area contributed by atoms with Crippen LogP contribution in [0.1, 0.15) is 33.6 Å². The second kappa shape index (κ2) is 7.76. The summed E-state index contributed by atoms with van der Waals surface area (Å²) in [7, 11) is 0. The Morgan fingerprint density at radius 1 is 1.36 bits per heavy atom. The summed E-state index contributed by atoms with van der Waals surface area (Å²) in [6.45, 7) is 6.66. The average molecular weight is 202 g/mol. The number of aliphatic hydroxyl groups excluding tert-OH is 1. The van der Waals surface area contributed by atoms with Crippen molar-refractivity contribution in [3.8, 4) is 0 Å². The van der Waals surface area contributed by atoms with Gasteiger partial charge in [-0.25, -0.2) is 0 Å². The second-order valence-electron chi connectivity index (χ2n) is 3.57. The van der Waals surface area contributed by atoms with E-state index < -0.39 is 0 Å². The Bertz CT molecular complexity index is 162. The van der Waals surface area contributed by atoms with Gasteiger partial charge in [-0.2, -0.15) is 0 Å². The van der Waals surface area contributed by atoms with Crippen molar-refractivity contribution < 1.29 is 9.90 Å². The van der Waals surface area contributed by atoms with Gasteiger partial charge in [-0.3, -0.25) is 4.79 Å². The lowest BCUT2D eigenvalue weighted by atomic mass is 10.2. The van der Waals surface area contributed by atoms with Crippen LogP contribution in [0.3, 0.4) is 0 Å². The van der Waals surface area contributed by atoms with Crippen molar-refractivity contribution in [2.75, 3.05) is 13.1 Å². The first-order valence-corrected chi connectivity index (χ1v) is 5.28. The molecule has 4 heteroatoms. The van der Waals surface area contributed by atoms with Crippen molar-refractivity contribution in [3.05, 3.63) is 0 Å². The minimum absolute atomic E-state index is 0.0114. The van der Waals surface area contributed by atoms with Gasteiger partial charge in [0.25, 0.3) is 0 Å². The van der Waals surface area contributed by atoms with Gasteiger partial charge in [-0.1, -0.05) is 13.8 Å². The maximum absolute atomic E-state index is 11.2. The second-order valence-corrected chi connectivity index (χ2v) is 3.57. The molecule has 0 saturated carbocycles. The fourth-order valence-electron chi connectivity index (χ4n) is 0.925. The van der Waals surface area contributed by atoms with Crippen molar-refractivity contribution in [2.24, 2.45) is 0 Å². The highest BCUT2D eigenvalue weighted by Gasteiger charge is 2.05. The summed E-state index contributed by atoms with van der Waals surface area (Å²) in [4.78, 5) is 11.2. The van der Waals surface area contributed by atoms with Crippen LogP contribution in [0.4, 0.5) is 0 Å². The van der Waals surface area contributed by atoms with Gasteiger partial charge < -0.3 is 15.7 Å². The van der Waals surface area contributed by atoms with E-state index >= 15 is 0 Å². The molecule has 2 unspecified atom stereocenters. The summed E-state index contributed by atoms with van der Waals surface area (Å²) in [5.41, 5.74) is 0. The SMILES string of the molecule is CCC(O)CNCC(=O)NC(C)CC. The van der Waals surface area contributed by atoms with E-state index in [4.69, 9.17) is 0 Å². The molecule has 0 aliphatic carbocycles. The molecule has 0 bridgehead atoms. The van der Waals surface area contributed by atoms with Crippen LogP contribution in [0, 0.1) is 0 Å². The third-order valence-corrected chi connectivity index (χ3v) is 2.16. The molecule has 2 atom stereocenters. The first-order chi connectivity index (χ1) is 6.60. The number of carbonyl (C=O) groups excluding carboxylic acids is 1. The van der Waals surface area contributed by atoms with Gasteiger partial charge >= 0.3 is 0 Å². The van der Waals surface area contributed by atoms with Crippen molar-refractivity contribution in [2.45, 2.75) is 45.8 Å². The minimum atomic E-state index is -0.355. The molecule has 0 fully saturated rings. The standard InChI is InChI=1S/C10H22N2O2/c1-4-8(3)12-10(14)7-11-6-9(13)5-2/h8-9,11,13H,4-7H2,1-3H3,(H,12,14). The lowest BCUT2D eigenvalue weighted by molar-refractivity contribution is -0.120. The summed E-state index contributed by atoms with van der Waals surface area (Å²) in [6, 6.07) is 0.223. The molecule has 14 heavy (non-hydrogen) atoms. The Morgan fingerprint density at radius 3 is 2.50 bits per heavy atom. The summed E-state index contributed by atoms with van der Waals surface area (Å²) in [6.07, 6.45) is 1.29. The molecule has 0 heterocycles. The lowest BCUT2D eigenvalue weighted by Gasteiger charge is -2.13. The number of hydrogen-bond acceptors (Lipinski definition) is 3. The number of hydrogen-bond donors (Lipinski definition) is 3. The Labute approximate surface area is 86.1 Å². The Kier molecular flexibility index (Phi) is 7.42. The van der Waals surface area contributed by atoms with Crippen molar-refractivity contribution >= 4 is 5.91 Å². The molecule has 84 valence electrons. The van der Waals surface area contributed by atoms with Crippen LogP contribution in [0.2, 0.25) is 0 Å². The van der Waals surface area contributed by atoms with Crippen LogP contribution in [0.25, 0.3) is 0 Å². The monoisotopic (exact) mass is 202 g/mol. The van der Waals surface area contributed by atoms with Gasteiger partial charge in [0, 0.05) is 12.6 Å². The zero-order valence-electron chi connectivity index (χ0n) is 9.34. The predicted molar refractivity (Wildman–Crippen MR) is 57.1 cm³/mol. The molecule has 0 saturated heterocycles. The van der Waals surface area contributed by atoms with Crippen LogP contribution in [-0.2, 0) is 4.79 Å². The molecule has 0 aromatic carbocycles. The number of amides is 1. The molecular formula is C10H22N2O2. The number of aliphatic hydroxyl groups is 1. The highest BCUT2D eigenvalue weighted by Crippen LogP contribution is 1.88. The molecule has 0 radical (unpaired) electrons. The Morgan fingerprint density at radius 2 is 2.00 bits per heavy atom. The van der Waals surface area contributed by atoms with E-state index in [2.05, 4.69) is 10.6 Å². The highest BCUT2D eigenvalue weighted by atomic mass is 16.3. The van der Waals surface area contributed by atoms with E-state index in [1.807, 2.05) is 20.8 Å². The topological polar surface area (TPSA) is 61.4 Å². The van der Waals surface area contributed by atoms with Crippen LogP contribution < -0.4 is 10.6 Å². The van der Waals surface area contributed by atoms with E-state index in [0.29, 0.717) is 13.0 Å². The maximum atomic E-state index is 11.2. The normalized spacial score (nSPS) is 14.9. The molecule has 3 N–H and O–H groups in total. The van der Waals surface area contributed by atoms with E-state index in [0.717, 1.165) is 6.42 Å². The first-order valence-electron chi connectivity index (χ1n) is 5.28. The van der Waals surface area contributed by atoms with Gasteiger partial charge in [-0.15, -0.1) is 0 Å². The molecule has 0 aliphatic rings. The average Bonchev–Trinajstić information content (AvgIpc) is 2.17. The fourth-order valence-corrected chi connectivity index (χ4v) is 0.925. The van der Waals surface area contributed by atoms with Crippen molar-refractivity contribution in [3.63, 3.8) is 0 Å². The molecule has 0 aliphatic heterocycles. The fraction of sp³-hybridized carbons (Fsp3) is 0.900. The van der Waals surface area contributed by atoms with E-state index in [-0.39, 0.29) is 24.6 Å². The van der Waals surface area contributed by atoms with Gasteiger partial charge in [0.05, 0.1) is 12.6 Å². The van der Waals surface area contributed by atoms with E-state index in [1.54, 1.807) is 0 Å². The smallest absolute Gasteiger partial charge is 0.234 e. The summed E-state index contributed by atoms with van der Waals surface area (Å²) in [5, 5.41) is 14.9. The Hall–Kier alpha value is -0.610. The van der Waals surface area contributed by atoms with Crippen LogP contribution in [0.15, 0.2) is 0 Å². The zero-order valence-corrected chi connectivity index (χ0v) is 9.34. The highest BCUT2D eigenvalue weighted by molar-refractivity contribution is 5.78. The Balaban J connectivity index is 3.44. The molecule has 1 amide bonds. The quantitative estimate of drug-likeness (QED) is 0.555. The maximum Gasteiger partial charge on any atom is 0.234 e. The van der Waals surface area contributed by atoms with Gasteiger partial charge in [0.15, 0.2) is 0 Å². The molecule has 0 rings (SSSR count). The predicted octanol–water partition coefficient (Wildman–Crippen LogP) is 0.262. The summed E-state index contributed by atoms with van der Waals surface area (Å²) >= 11 is 0. The van der Waals surface area contributed by atoms with Crippen molar-refractivity contribution in [1.82, 2.24) is 10.6 Å². The third kappa shape index (κ3) is 6.86. The number of rotatable bonds is 7. The molecular weight excluding hydrogens is 180 g/mol. The van der Waals surface area contributed by atoms with Crippen molar-refractivity contribution in [1.29, 1.82) is 0 Å². The van der Waals surface area contributed by atoms with Crippen LogP contribution in [-0.4, -0.2) is 36.2 Å². The molecule has 0 spiro atoms. The van der Waals surface area contributed by atoms with Gasteiger partial charge in [0.2, 0.25) is 5.91 Å². The van der Waals surface area contributed by atoms with Gasteiger partial charge in [0.1, 0.15) is 0 Å². The third-order valence-electron chi connectivity index (χ3n) is 2.16. The molecule has 0 aromatic heterocycles. The molecule has 4 nitrogen and oxygen atoms in total. The number of carbonyl (C=O) groups is 1. The minimum Gasteiger partial charge on any atom is -0.392 e. The van der Waals surface area contributed by atoms with Gasteiger partial charge in [-0.05, 0) is 19.8 Å². The summed E-state index contributed by atoms with van der Waals surface area (Å²) in [5.74, 6) is -0.0114. The zero-order chi connectivity index (χ0) is 11.0. The van der Waals surface area contributed by atoms with E-state index in [1.165, 1.54) is 0 Å². The van der Waals surface area contributed by atoms with Crippen LogP contribution in [0.5, 0.6) is 0 Å². The summed E-state index contributed by atoms with van der Waals surface area (Å²) < 4.78 is 0. The largest absolute Gasteiger partial charge is 0.392 e. The lowest BCUT2D eigenvalue weighted by Crippen LogP contribution is -2.40. The first kappa shape index (κ1) is 13.4.